The van der Waals surface area contributed by atoms with Gasteiger partial charge in [0.25, 0.3) is 5.91 Å². The zero-order valence-electron chi connectivity index (χ0n) is 19.6. The van der Waals surface area contributed by atoms with Gasteiger partial charge < -0.3 is 19.1 Å². The van der Waals surface area contributed by atoms with Crippen molar-refractivity contribution in [3.05, 3.63) is 107 Å². The first kappa shape index (κ1) is 23.0. The average Bonchev–Trinajstić information content (AvgIpc) is 3.63. The molecule has 9 heteroatoms. The van der Waals surface area contributed by atoms with Crippen LogP contribution in [0.15, 0.2) is 93.3 Å². The normalized spacial score (nSPS) is 14.2. The van der Waals surface area contributed by atoms with Crippen LogP contribution in [0.1, 0.15) is 27.4 Å². The molecule has 0 saturated heterocycles. The Balaban J connectivity index is 1.64. The molecule has 0 bridgehead atoms. The number of carbonyl (C=O) groups excluding carboxylic acids is 2. The molecule has 4 aromatic rings. The van der Waals surface area contributed by atoms with Gasteiger partial charge in [-0.3, -0.25) is 9.59 Å². The number of nitroso groups, excluding NO2 is 1. The van der Waals surface area contributed by atoms with Crippen molar-refractivity contribution in [3.8, 4) is 0 Å². The Kier molecular flexibility index (Phi) is 6.05. The topological polar surface area (TPSA) is 108 Å². The predicted octanol–water partition coefficient (Wildman–Crippen LogP) is 5.50. The summed E-state index contributed by atoms with van der Waals surface area (Å²) in [5.41, 5.74) is 3.24. The van der Waals surface area contributed by atoms with Crippen LogP contribution in [0.5, 0.6) is 0 Å². The van der Waals surface area contributed by atoms with Gasteiger partial charge in [0.2, 0.25) is 0 Å². The minimum absolute atomic E-state index is 0.0102. The van der Waals surface area contributed by atoms with Crippen molar-refractivity contribution in [1.29, 1.82) is 0 Å². The highest BCUT2D eigenvalue weighted by atomic mass is 16.3. The number of furan rings is 2. The lowest BCUT2D eigenvalue weighted by Crippen LogP contribution is -2.33. The van der Waals surface area contributed by atoms with Crippen LogP contribution in [0.4, 0.5) is 17.1 Å². The van der Waals surface area contributed by atoms with E-state index in [0.29, 0.717) is 17.0 Å². The molecule has 180 valence electrons. The summed E-state index contributed by atoms with van der Waals surface area (Å²) in [5, 5.41) is 6.27. The maximum atomic E-state index is 13.8. The van der Waals surface area contributed by atoms with Gasteiger partial charge in [0.05, 0.1) is 29.5 Å². The van der Waals surface area contributed by atoms with Gasteiger partial charge in [-0.05, 0) is 79.4 Å². The molecule has 2 aromatic heterocycles. The number of fused-ring (bicyclic) bond motifs is 1. The number of nitrogens with one attached hydrogen (secondary N) is 1. The smallest absolute Gasteiger partial charge is 0.301 e. The Morgan fingerprint density at radius 1 is 0.972 bits per heavy atom. The summed E-state index contributed by atoms with van der Waals surface area (Å²) in [4.78, 5) is 41.4. The zero-order chi connectivity index (χ0) is 25.2. The molecule has 36 heavy (non-hydrogen) atoms. The van der Waals surface area contributed by atoms with Crippen LogP contribution in [0.25, 0.3) is 11.3 Å². The quantitative estimate of drug-likeness (QED) is 0.210. The van der Waals surface area contributed by atoms with Gasteiger partial charge >= 0.3 is 5.91 Å². The van der Waals surface area contributed by atoms with Gasteiger partial charge in [-0.15, -0.1) is 4.91 Å². The molecule has 0 unspecified atom stereocenters. The number of rotatable bonds is 7. The van der Waals surface area contributed by atoms with Crippen LogP contribution in [0, 0.1) is 4.91 Å². The van der Waals surface area contributed by atoms with E-state index in [2.05, 4.69) is 15.4 Å². The maximum absolute atomic E-state index is 13.8. The Morgan fingerprint density at radius 2 is 1.67 bits per heavy atom. The molecule has 1 aliphatic heterocycles. The number of hydrogen-bond acceptors (Lipinski definition) is 8. The number of hydrogen-bond donors (Lipinski definition) is 1. The highest BCUT2D eigenvalue weighted by molar-refractivity contribution is 6.45. The Hall–Kier alpha value is -4.76. The van der Waals surface area contributed by atoms with E-state index in [1.54, 1.807) is 24.3 Å². The number of nitrogens with zero attached hydrogens (tertiary/aromatic N) is 3. The van der Waals surface area contributed by atoms with E-state index in [0.717, 1.165) is 22.7 Å². The van der Waals surface area contributed by atoms with E-state index in [1.807, 2.05) is 38.4 Å². The van der Waals surface area contributed by atoms with Crippen molar-refractivity contribution < 1.29 is 18.4 Å². The van der Waals surface area contributed by atoms with E-state index >= 15 is 0 Å². The van der Waals surface area contributed by atoms with Crippen LogP contribution < -0.4 is 10.2 Å². The summed E-state index contributed by atoms with van der Waals surface area (Å²) >= 11 is 0. The third-order valence-electron chi connectivity index (χ3n) is 5.69. The number of anilines is 2. The third-order valence-corrected chi connectivity index (χ3v) is 5.69. The molecule has 1 aliphatic rings. The van der Waals surface area contributed by atoms with E-state index in [1.165, 1.54) is 30.7 Å². The van der Waals surface area contributed by atoms with Crippen LogP contribution >= 0.6 is 0 Å². The van der Waals surface area contributed by atoms with E-state index < -0.39 is 11.8 Å². The monoisotopic (exact) mass is 482 g/mol. The minimum atomic E-state index is -0.656. The predicted molar refractivity (Wildman–Crippen MR) is 135 cm³/mol. The van der Waals surface area contributed by atoms with E-state index in [4.69, 9.17) is 8.83 Å². The second-order valence-electron chi connectivity index (χ2n) is 8.50. The fourth-order valence-electron chi connectivity index (χ4n) is 4.13. The largest absolute Gasteiger partial charge is 0.463 e. The van der Waals surface area contributed by atoms with Crippen molar-refractivity contribution >= 4 is 40.1 Å². The molecule has 0 fully saturated rings. The second-order valence-corrected chi connectivity index (χ2v) is 8.50. The second kappa shape index (κ2) is 9.47. The lowest BCUT2D eigenvalue weighted by atomic mass is 10.0. The first-order valence-corrected chi connectivity index (χ1v) is 11.1. The van der Waals surface area contributed by atoms with Gasteiger partial charge in [-0.1, -0.05) is 12.1 Å². The van der Waals surface area contributed by atoms with Crippen molar-refractivity contribution in [2.45, 2.75) is 6.54 Å². The summed E-state index contributed by atoms with van der Waals surface area (Å²) in [6.07, 6.45) is 2.86. The van der Waals surface area contributed by atoms with Crippen LogP contribution in [-0.4, -0.2) is 30.8 Å². The summed E-state index contributed by atoms with van der Waals surface area (Å²) in [6.45, 7) is 0.787. The lowest BCUT2D eigenvalue weighted by molar-refractivity contribution is -0.112. The highest BCUT2D eigenvalue weighted by Crippen LogP contribution is 2.43. The Labute approximate surface area is 206 Å². The fourth-order valence-corrected chi connectivity index (χ4v) is 4.13. The summed E-state index contributed by atoms with van der Waals surface area (Å²) in [7, 11) is 3.99. The minimum Gasteiger partial charge on any atom is -0.463 e. The standard InChI is InChI=1S/C27H22N4O5/c1-30(2)16-17-7-9-18(10-8-17)28-25(22-5-3-13-35-22)24-20-12-11-19(29-34)15-21(20)31(27(24)33)26(32)23-6-4-14-36-23/h3-15,28H,16H2,1-2H3/b25-24-. The molecular weight excluding hydrogens is 460 g/mol. The molecule has 0 atom stereocenters. The number of benzene rings is 2. The van der Waals surface area contributed by atoms with Crippen LogP contribution in [-0.2, 0) is 11.3 Å². The number of amides is 2. The number of carbonyl (C=O) groups is 2. The molecule has 2 aromatic carbocycles. The van der Waals surface area contributed by atoms with Crippen molar-refractivity contribution in [2.75, 3.05) is 24.3 Å². The molecular formula is C27H22N4O5. The van der Waals surface area contributed by atoms with Gasteiger partial charge in [0.15, 0.2) is 11.5 Å². The van der Waals surface area contributed by atoms with Gasteiger partial charge in [-0.2, -0.15) is 0 Å². The summed E-state index contributed by atoms with van der Waals surface area (Å²) in [5.74, 6) is -0.843. The first-order valence-electron chi connectivity index (χ1n) is 11.1. The van der Waals surface area contributed by atoms with Crippen molar-refractivity contribution in [1.82, 2.24) is 4.90 Å². The SMILES string of the molecule is CN(C)Cc1ccc(N/C(=C2\C(=O)N(C(=O)c3ccco3)c3cc(N=O)ccc32)c2ccco2)cc1. The Bertz CT molecular complexity index is 1450. The molecule has 3 heterocycles. The molecule has 0 saturated carbocycles. The first-order chi connectivity index (χ1) is 17.5. The van der Waals surface area contributed by atoms with Gasteiger partial charge in [0.1, 0.15) is 5.69 Å². The van der Waals surface area contributed by atoms with Crippen molar-refractivity contribution in [3.63, 3.8) is 0 Å². The van der Waals surface area contributed by atoms with Crippen LogP contribution in [0.3, 0.4) is 0 Å². The van der Waals surface area contributed by atoms with Gasteiger partial charge in [0, 0.05) is 17.8 Å². The molecule has 5 rings (SSSR count). The zero-order valence-corrected chi connectivity index (χ0v) is 19.6. The fraction of sp³-hybridized carbons (Fsp3) is 0.111. The van der Waals surface area contributed by atoms with Crippen LogP contribution in [0.2, 0.25) is 0 Å². The molecule has 1 N–H and O–H groups in total. The van der Waals surface area contributed by atoms with E-state index in [-0.39, 0.29) is 22.7 Å². The molecule has 9 nitrogen and oxygen atoms in total. The maximum Gasteiger partial charge on any atom is 0.301 e. The van der Waals surface area contributed by atoms with Gasteiger partial charge in [-0.25, -0.2) is 4.90 Å². The molecule has 0 aliphatic carbocycles. The molecule has 0 spiro atoms. The Morgan fingerprint density at radius 3 is 2.28 bits per heavy atom. The summed E-state index contributed by atoms with van der Waals surface area (Å²) in [6, 6.07) is 18.8. The van der Waals surface area contributed by atoms with Crippen molar-refractivity contribution in [2.24, 2.45) is 5.18 Å². The lowest BCUT2D eigenvalue weighted by Gasteiger charge is -2.15. The number of imide groups is 1. The molecule has 2 amide bonds. The third kappa shape index (κ3) is 4.23. The highest BCUT2D eigenvalue weighted by Gasteiger charge is 2.41. The molecule has 0 radical (unpaired) electrons. The average molecular weight is 482 g/mol. The van der Waals surface area contributed by atoms with E-state index in [9.17, 15) is 14.5 Å². The summed E-state index contributed by atoms with van der Waals surface area (Å²) < 4.78 is 10.9.